The minimum atomic E-state index is -1.18. The molecule has 0 fully saturated rings. The van der Waals surface area contributed by atoms with Crippen LogP contribution in [0.3, 0.4) is 0 Å². The summed E-state index contributed by atoms with van der Waals surface area (Å²) in [5, 5.41) is 12.9. The van der Waals surface area contributed by atoms with Crippen molar-refractivity contribution in [3.8, 4) is 0 Å². The minimum Gasteiger partial charge on any atom is -0.547 e. The number of nitrogens with zero attached hydrogens (tertiary/aromatic N) is 2. The van der Waals surface area contributed by atoms with Gasteiger partial charge in [-0.05, 0) is 42.4 Å². The maximum absolute atomic E-state index is 11.9. The number of fused-ring (bicyclic) bond motifs is 1. The number of aliphatic carboxylic acids is 1. The molecular weight excluding hydrogens is 435 g/mol. The van der Waals surface area contributed by atoms with E-state index in [1.807, 2.05) is 32.9 Å². The fourth-order valence-electron chi connectivity index (χ4n) is 4.18. The standard InChI is InChI=1S/C24H32Cl2N2O3/c1-14(2)22-27-18-8-6-7-9-19(31-21(23(29)30)24(3,4)5)20(18)28(22)13-15-10-11-16(25)17(26)12-15/h10-12,14,19,21H,6-9,13H2,1-5H3,(H,29,30)/p-1. The largest absolute Gasteiger partial charge is 0.547 e. The highest BCUT2D eigenvalue weighted by molar-refractivity contribution is 6.42. The van der Waals surface area contributed by atoms with Gasteiger partial charge in [0.1, 0.15) is 18.0 Å². The number of imidazole rings is 1. The zero-order valence-electron chi connectivity index (χ0n) is 18.9. The minimum absolute atomic E-state index is 0.204. The Morgan fingerprint density at radius 2 is 1.97 bits per heavy atom. The monoisotopic (exact) mass is 465 g/mol. The molecule has 2 unspecified atom stereocenters. The van der Waals surface area contributed by atoms with Gasteiger partial charge in [0, 0.05) is 12.5 Å². The molecule has 2 aromatic rings. The molecule has 1 aromatic carbocycles. The van der Waals surface area contributed by atoms with Crippen molar-refractivity contribution in [1.82, 2.24) is 9.55 Å². The maximum atomic E-state index is 11.9. The molecule has 5 nitrogen and oxygen atoms in total. The predicted octanol–water partition coefficient (Wildman–Crippen LogP) is 5.31. The Morgan fingerprint density at radius 1 is 1.26 bits per heavy atom. The van der Waals surface area contributed by atoms with Gasteiger partial charge in [0.25, 0.3) is 0 Å². The van der Waals surface area contributed by atoms with E-state index in [-0.39, 0.29) is 12.0 Å². The molecule has 31 heavy (non-hydrogen) atoms. The van der Waals surface area contributed by atoms with Crippen LogP contribution in [0.5, 0.6) is 0 Å². The topological polar surface area (TPSA) is 67.2 Å². The van der Waals surface area contributed by atoms with Crippen molar-refractivity contribution in [2.24, 2.45) is 5.41 Å². The second-order valence-corrected chi connectivity index (χ2v) is 10.5. The van der Waals surface area contributed by atoms with Crippen molar-refractivity contribution < 1.29 is 14.6 Å². The van der Waals surface area contributed by atoms with Crippen LogP contribution in [0.1, 0.15) is 88.7 Å². The van der Waals surface area contributed by atoms with Crippen molar-refractivity contribution in [2.45, 2.75) is 85.0 Å². The molecule has 7 heteroatoms. The van der Waals surface area contributed by atoms with Crippen molar-refractivity contribution in [2.75, 3.05) is 0 Å². The van der Waals surface area contributed by atoms with Crippen molar-refractivity contribution in [3.05, 3.63) is 51.0 Å². The predicted molar refractivity (Wildman–Crippen MR) is 122 cm³/mol. The first-order valence-electron chi connectivity index (χ1n) is 10.9. The van der Waals surface area contributed by atoms with Crippen LogP contribution < -0.4 is 5.11 Å². The quantitative estimate of drug-likeness (QED) is 0.541. The summed E-state index contributed by atoms with van der Waals surface area (Å²) < 4.78 is 8.45. The molecule has 1 aromatic heterocycles. The summed E-state index contributed by atoms with van der Waals surface area (Å²) in [5.74, 6) is -0.0137. The molecular formula is C24H31Cl2N2O3-. The van der Waals surface area contributed by atoms with E-state index in [2.05, 4.69) is 18.4 Å². The van der Waals surface area contributed by atoms with E-state index < -0.39 is 17.5 Å². The average molecular weight is 466 g/mol. The molecule has 1 aliphatic carbocycles. The third kappa shape index (κ3) is 5.44. The van der Waals surface area contributed by atoms with Gasteiger partial charge in [0.2, 0.25) is 0 Å². The average Bonchev–Trinajstić information content (AvgIpc) is 2.89. The second-order valence-electron chi connectivity index (χ2n) is 9.73. The number of hydrogen-bond donors (Lipinski definition) is 0. The van der Waals surface area contributed by atoms with Crippen LogP contribution in [0.2, 0.25) is 10.0 Å². The number of carbonyl (C=O) groups is 1. The number of rotatable bonds is 6. The van der Waals surface area contributed by atoms with E-state index in [4.69, 9.17) is 32.9 Å². The fourth-order valence-corrected chi connectivity index (χ4v) is 4.50. The number of hydrogen-bond acceptors (Lipinski definition) is 4. The van der Waals surface area contributed by atoms with Crippen molar-refractivity contribution >= 4 is 29.2 Å². The number of carbonyl (C=O) groups excluding carboxylic acids is 1. The molecule has 0 amide bonds. The van der Waals surface area contributed by atoms with Gasteiger partial charge in [-0.3, -0.25) is 0 Å². The molecule has 0 radical (unpaired) electrons. The molecule has 0 aliphatic heterocycles. The molecule has 2 atom stereocenters. The molecule has 0 spiro atoms. The van der Waals surface area contributed by atoms with Crippen LogP contribution in [0.4, 0.5) is 0 Å². The van der Waals surface area contributed by atoms with Gasteiger partial charge in [-0.2, -0.15) is 0 Å². The van der Waals surface area contributed by atoms with Crippen molar-refractivity contribution in [1.29, 1.82) is 0 Å². The molecule has 0 saturated carbocycles. The lowest BCUT2D eigenvalue weighted by molar-refractivity contribution is -0.323. The maximum Gasteiger partial charge on any atom is 0.112 e. The van der Waals surface area contributed by atoms with Gasteiger partial charge in [-0.1, -0.05) is 70.3 Å². The summed E-state index contributed by atoms with van der Waals surface area (Å²) in [6.45, 7) is 10.4. The lowest BCUT2D eigenvalue weighted by Gasteiger charge is -2.35. The Labute approximate surface area is 194 Å². The van der Waals surface area contributed by atoms with Crippen LogP contribution >= 0.6 is 23.2 Å². The smallest absolute Gasteiger partial charge is 0.112 e. The highest BCUT2D eigenvalue weighted by Gasteiger charge is 2.34. The Bertz CT molecular complexity index is 947. The van der Waals surface area contributed by atoms with E-state index in [9.17, 15) is 9.90 Å². The van der Waals surface area contributed by atoms with Gasteiger partial charge in [-0.25, -0.2) is 4.98 Å². The highest BCUT2D eigenvalue weighted by Crippen LogP contribution is 2.38. The molecule has 1 aliphatic rings. The van der Waals surface area contributed by atoms with Gasteiger partial charge in [-0.15, -0.1) is 0 Å². The first-order chi connectivity index (χ1) is 14.5. The zero-order valence-corrected chi connectivity index (χ0v) is 20.4. The van der Waals surface area contributed by atoms with E-state index in [0.29, 0.717) is 16.6 Å². The van der Waals surface area contributed by atoms with E-state index >= 15 is 0 Å². The van der Waals surface area contributed by atoms with Gasteiger partial charge in [0.15, 0.2) is 0 Å². The number of aryl methyl sites for hydroxylation is 1. The van der Waals surface area contributed by atoms with Crippen LogP contribution in [0.25, 0.3) is 0 Å². The number of benzene rings is 1. The van der Waals surface area contributed by atoms with Crippen molar-refractivity contribution in [3.63, 3.8) is 0 Å². The third-order valence-corrected chi connectivity index (χ3v) is 6.43. The lowest BCUT2D eigenvalue weighted by atomic mass is 9.88. The summed E-state index contributed by atoms with van der Waals surface area (Å²) in [6.07, 6.45) is 2.18. The lowest BCUT2D eigenvalue weighted by Crippen LogP contribution is -2.46. The van der Waals surface area contributed by atoms with E-state index in [0.717, 1.165) is 48.5 Å². The summed E-state index contributed by atoms with van der Waals surface area (Å²) in [7, 11) is 0. The Kier molecular flexibility index (Phi) is 7.39. The third-order valence-electron chi connectivity index (χ3n) is 5.69. The van der Waals surface area contributed by atoms with Gasteiger partial charge < -0.3 is 19.2 Å². The first kappa shape index (κ1) is 24.1. The van der Waals surface area contributed by atoms with Crippen LogP contribution in [0, 0.1) is 5.41 Å². The normalized spacial score (nSPS) is 18.0. The van der Waals surface area contributed by atoms with Crippen LogP contribution in [0.15, 0.2) is 18.2 Å². The summed E-state index contributed by atoms with van der Waals surface area (Å²) in [4.78, 5) is 16.9. The Hall–Kier alpha value is -1.56. The van der Waals surface area contributed by atoms with Crippen LogP contribution in [-0.2, 0) is 22.5 Å². The molecule has 3 rings (SSSR count). The molecule has 170 valence electrons. The summed E-state index contributed by atoms with van der Waals surface area (Å²) in [5.41, 5.74) is 2.40. The molecule has 1 heterocycles. The number of carboxylic acids is 1. The first-order valence-corrected chi connectivity index (χ1v) is 11.6. The van der Waals surface area contributed by atoms with E-state index in [1.165, 1.54) is 0 Å². The SMILES string of the molecule is CC(C)c1nc2c(n1Cc1ccc(Cl)c(Cl)c1)C(OC(C(=O)[O-])C(C)(C)C)CCCC2. The number of halogens is 2. The number of ether oxygens (including phenoxy) is 1. The number of carboxylic acid groups (broad SMARTS) is 1. The second kappa shape index (κ2) is 9.51. The number of aromatic nitrogens is 2. The van der Waals surface area contributed by atoms with Gasteiger partial charge in [0.05, 0.1) is 27.4 Å². The molecule has 0 saturated heterocycles. The van der Waals surface area contributed by atoms with Gasteiger partial charge >= 0.3 is 0 Å². The molecule has 0 N–H and O–H groups in total. The Morgan fingerprint density at radius 3 is 2.55 bits per heavy atom. The zero-order chi connectivity index (χ0) is 22.9. The Balaban J connectivity index is 2.08. The summed E-state index contributed by atoms with van der Waals surface area (Å²) >= 11 is 12.4. The van der Waals surface area contributed by atoms with E-state index in [1.54, 1.807) is 6.07 Å². The fraction of sp³-hybridized carbons (Fsp3) is 0.583. The van der Waals surface area contributed by atoms with Crippen LogP contribution in [-0.4, -0.2) is 21.6 Å². The summed E-state index contributed by atoms with van der Waals surface area (Å²) in [6, 6.07) is 5.62. The molecule has 0 bridgehead atoms. The highest BCUT2D eigenvalue weighted by atomic mass is 35.5.